The molecule has 2 aromatic rings. The lowest BCUT2D eigenvalue weighted by atomic mass is 10.2. The van der Waals surface area contributed by atoms with Crippen molar-refractivity contribution in [1.82, 2.24) is 0 Å². The Kier molecular flexibility index (Phi) is 4.07. The molecule has 1 aromatic heterocycles. The number of anilines is 1. The third-order valence-electron chi connectivity index (χ3n) is 2.35. The van der Waals surface area contributed by atoms with Gasteiger partial charge in [-0.25, -0.2) is 4.39 Å². The van der Waals surface area contributed by atoms with E-state index < -0.39 is 0 Å². The Morgan fingerprint density at radius 1 is 1.41 bits per heavy atom. The molecule has 0 fully saturated rings. The molecule has 1 N–H and O–H groups in total. The maximum Gasteiger partial charge on any atom is 0.125 e. The molecule has 0 aliphatic carbocycles. The highest BCUT2D eigenvalue weighted by Crippen LogP contribution is 2.32. The van der Waals surface area contributed by atoms with Gasteiger partial charge in [-0.1, -0.05) is 17.7 Å². The van der Waals surface area contributed by atoms with Crippen LogP contribution in [0.3, 0.4) is 0 Å². The maximum atomic E-state index is 13.1. The molecule has 0 amide bonds. The van der Waals surface area contributed by atoms with E-state index in [1.54, 1.807) is 6.07 Å². The first kappa shape index (κ1) is 12.9. The van der Waals surface area contributed by atoms with Crippen molar-refractivity contribution in [3.63, 3.8) is 0 Å². The maximum absolute atomic E-state index is 13.1. The van der Waals surface area contributed by atoms with Gasteiger partial charge in [0.25, 0.3) is 0 Å². The molecule has 17 heavy (non-hydrogen) atoms. The first-order valence-corrected chi connectivity index (χ1v) is 6.99. The molecule has 2 rings (SSSR count). The molecule has 5 heteroatoms. The van der Waals surface area contributed by atoms with Crippen LogP contribution in [0.5, 0.6) is 0 Å². The number of hydrogen-bond donors (Lipinski definition) is 1. The number of aryl methyl sites for hydroxylation is 1. The normalized spacial score (nSPS) is 10.6. The van der Waals surface area contributed by atoms with E-state index in [4.69, 9.17) is 11.6 Å². The second-order valence-electron chi connectivity index (χ2n) is 3.65. The van der Waals surface area contributed by atoms with E-state index in [0.29, 0.717) is 6.54 Å². The highest BCUT2D eigenvalue weighted by atomic mass is 79.9. The Bertz CT molecular complexity index is 522. The minimum Gasteiger partial charge on any atom is -0.380 e. The smallest absolute Gasteiger partial charge is 0.125 e. The molecular formula is C12H10BrClFNS. The largest absolute Gasteiger partial charge is 0.380 e. The van der Waals surface area contributed by atoms with Crippen molar-refractivity contribution >= 4 is 44.6 Å². The van der Waals surface area contributed by atoms with Crippen molar-refractivity contribution in [3.8, 4) is 0 Å². The number of thiophene rings is 1. The fourth-order valence-electron chi connectivity index (χ4n) is 1.45. The Balaban J connectivity index is 2.09. The van der Waals surface area contributed by atoms with Crippen molar-refractivity contribution in [2.75, 3.05) is 5.32 Å². The predicted molar refractivity (Wildman–Crippen MR) is 75.5 cm³/mol. The lowest BCUT2D eigenvalue weighted by molar-refractivity contribution is 0.628. The number of hydrogen-bond acceptors (Lipinski definition) is 2. The number of halogens is 3. The summed E-state index contributed by atoms with van der Waals surface area (Å²) >= 11 is 10.8. The van der Waals surface area contributed by atoms with E-state index in [1.807, 2.05) is 13.0 Å². The summed E-state index contributed by atoms with van der Waals surface area (Å²) < 4.78 is 14.7. The first-order valence-electron chi connectivity index (χ1n) is 5.00. The third-order valence-corrected chi connectivity index (χ3v) is 4.82. The molecule has 0 unspecified atom stereocenters. The molecule has 1 nitrogen and oxygen atoms in total. The minimum absolute atomic E-state index is 0.233. The summed E-state index contributed by atoms with van der Waals surface area (Å²) in [5, 5.41) is 3.20. The Morgan fingerprint density at radius 2 is 2.18 bits per heavy atom. The lowest BCUT2D eigenvalue weighted by Crippen LogP contribution is -1.99. The van der Waals surface area contributed by atoms with Crippen LogP contribution in [0.15, 0.2) is 28.7 Å². The van der Waals surface area contributed by atoms with Crippen LogP contribution in [0.25, 0.3) is 0 Å². The van der Waals surface area contributed by atoms with Gasteiger partial charge in [0.1, 0.15) is 10.2 Å². The summed E-state index contributed by atoms with van der Waals surface area (Å²) in [5.74, 6) is -0.233. The second-order valence-corrected chi connectivity index (χ2v) is 6.24. The Hall–Kier alpha value is -0.580. The van der Waals surface area contributed by atoms with Gasteiger partial charge >= 0.3 is 0 Å². The van der Waals surface area contributed by atoms with Crippen molar-refractivity contribution in [2.24, 2.45) is 0 Å². The van der Waals surface area contributed by atoms with Gasteiger partial charge in [0.05, 0.1) is 0 Å². The van der Waals surface area contributed by atoms with E-state index >= 15 is 0 Å². The van der Waals surface area contributed by atoms with Crippen molar-refractivity contribution < 1.29 is 4.39 Å². The molecule has 0 saturated carbocycles. The van der Waals surface area contributed by atoms with Gasteiger partial charge in [-0.15, -0.1) is 11.3 Å². The Morgan fingerprint density at radius 3 is 2.82 bits per heavy atom. The van der Waals surface area contributed by atoms with Gasteiger partial charge in [0, 0.05) is 21.6 Å². The number of benzene rings is 1. The molecule has 0 radical (unpaired) electrons. The third kappa shape index (κ3) is 3.21. The van der Waals surface area contributed by atoms with E-state index in [1.165, 1.54) is 23.5 Å². The van der Waals surface area contributed by atoms with Crippen molar-refractivity contribution in [3.05, 3.63) is 49.3 Å². The standard InChI is InChI=1S/C12H10BrClFNS/c1-7-2-3-8(15)4-11(7)16-6-9-5-10(13)12(14)17-9/h2-5,16H,6H2,1H3. The van der Waals surface area contributed by atoms with Gasteiger partial charge in [0.2, 0.25) is 0 Å². The molecule has 0 bridgehead atoms. The fraction of sp³-hybridized carbons (Fsp3) is 0.167. The van der Waals surface area contributed by atoms with Crippen LogP contribution in [0.4, 0.5) is 10.1 Å². The van der Waals surface area contributed by atoms with Gasteiger partial charge in [-0.2, -0.15) is 0 Å². The summed E-state index contributed by atoms with van der Waals surface area (Å²) in [6, 6.07) is 6.68. The summed E-state index contributed by atoms with van der Waals surface area (Å²) in [5.41, 5.74) is 1.83. The lowest BCUT2D eigenvalue weighted by Gasteiger charge is -2.08. The fourth-order valence-corrected chi connectivity index (χ4v) is 3.18. The van der Waals surface area contributed by atoms with E-state index in [9.17, 15) is 4.39 Å². The summed E-state index contributed by atoms with van der Waals surface area (Å²) in [4.78, 5) is 1.10. The van der Waals surface area contributed by atoms with E-state index in [2.05, 4.69) is 21.2 Å². The van der Waals surface area contributed by atoms with Crippen LogP contribution in [-0.2, 0) is 6.54 Å². The molecule has 0 aliphatic heterocycles. The predicted octanol–water partition coefficient (Wildman–Crippen LogP) is 5.22. The van der Waals surface area contributed by atoms with Crippen LogP contribution >= 0.6 is 38.9 Å². The molecule has 1 heterocycles. The summed E-state index contributed by atoms with van der Waals surface area (Å²) in [6.45, 7) is 2.58. The van der Waals surface area contributed by atoms with Gasteiger partial charge in [0.15, 0.2) is 0 Å². The zero-order chi connectivity index (χ0) is 12.4. The minimum atomic E-state index is -0.233. The van der Waals surface area contributed by atoms with Crippen LogP contribution in [0.1, 0.15) is 10.4 Å². The average Bonchev–Trinajstić information content (AvgIpc) is 2.60. The van der Waals surface area contributed by atoms with Gasteiger partial charge in [-0.05, 0) is 46.6 Å². The zero-order valence-electron chi connectivity index (χ0n) is 9.06. The molecule has 0 atom stereocenters. The SMILES string of the molecule is Cc1ccc(F)cc1NCc1cc(Br)c(Cl)s1. The number of nitrogens with one attached hydrogen (secondary N) is 1. The van der Waals surface area contributed by atoms with Crippen LogP contribution in [-0.4, -0.2) is 0 Å². The highest BCUT2D eigenvalue weighted by molar-refractivity contribution is 9.10. The van der Waals surface area contributed by atoms with Crippen molar-refractivity contribution in [2.45, 2.75) is 13.5 Å². The summed E-state index contributed by atoms with van der Waals surface area (Å²) in [6.07, 6.45) is 0. The van der Waals surface area contributed by atoms with E-state index in [0.717, 1.165) is 24.9 Å². The monoisotopic (exact) mass is 333 g/mol. The second kappa shape index (κ2) is 5.38. The molecular weight excluding hydrogens is 325 g/mol. The topological polar surface area (TPSA) is 12.0 Å². The van der Waals surface area contributed by atoms with Gasteiger partial charge < -0.3 is 5.32 Å². The van der Waals surface area contributed by atoms with Crippen LogP contribution < -0.4 is 5.32 Å². The molecule has 0 aliphatic rings. The highest BCUT2D eigenvalue weighted by Gasteiger charge is 2.05. The zero-order valence-corrected chi connectivity index (χ0v) is 12.2. The molecule has 0 saturated heterocycles. The number of rotatable bonds is 3. The van der Waals surface area contributed by atoms with E-state index in [-0.39, 0.29) is 5.82 Å². The quantitative estimate of drug-likeness (QED) is 0.811. The first-order chi connectivity index (χ1) is 8.06. The molecule has 1 aromatic carbocycles. The van der Waals surface area contributed by atoms with Crippen LogP contribution in [0, 0.1) is 12.7 Å². The van der Waals surface area contributed by atoms with Crippen molar-refractivity contribution in [1.29, 1.82) is 0 Å². The Labute approximate surface area is 117 Å². The van der Waals surface area contributed by atoms with Gasteiger partial charge in [-0.3, -0.25) is 0 Å². The average molecular weight is 335 g/mol. The molecule has 90 valence electrons. The van der Waals surface area contributed by atoms with Crippen LogP contribution in [0.2, 0.25) is 4.34 Å². The summed E-state index contributed by atoms with van der Waals surface area (Å²) in [7, 11) is 0. The molecule has 0 spiro atoms.